The Morgan fingerprint density at radius 3 is 3.11 bits per heavy atom. The van der Waals surface area contributed by atoms with Crippen molar-refractivity contribution in [1.82, 2.24) is 5.32 Å². The minimum Gasteiger partial charge on any atom is -0.488 e. The third kappa shape index (κ3) is 3.47. The SMILES string of the molecule is CCOCC(C)NCC1Cc2cc(C)ccc2O1. The van der Waals surface area contributed by atoms with Crippen LogP contribution in [0.4, 0.5) is 0 Å². The molecule has 0 saturated carbocycles. The maximum Gasteiger partial charge on any atom is 0.123 e. The molecule has 3 heteroatoms. The van der Waals surface area contributed by atoms with Crippen LogP contribution in [0.3, 0.4) is 0 Å². The number of benzene rings is 1. The molecule has 100 valence electrons. The van der Waals surface area contributed by atoms with E-state index in [-0.39, 0.29) is 6.10 Å². The molecule has 3 nitrogen and oxygen atoms in total. The highest BCUT2D eigenvalue weighted by Crippen LogP contribution is 2.29. The minimum absolute atomic E-state index is 0.255. The molecule has 0 aliphatic carbocycles. The quantitative estimate of drug-likeness (QED) is 0.839. The highest BCUT2D eigenvalue weighted by molar-refractivity contribution is 5.40. The van der Waals surface area contributed by atoms with Gasteiger partial charge < -0.3 is 14.8 Å². The molecule has 1 aliphatic rings. The molecule has 1 heterocycles. The van der Waals surface area contributed by atoms with E-state index in [0.717, 1.165) is 31.9 Å². The van der Waals surface area contributed by atoms with E-state index in [1.54, 1.807) is 0 Å². The summed E-state index contributed by atoms with van der Waals surface area (Å²) in [5.41, 5.74) is 2.63. The second kappa shape index (κ2) is 6.21. The summed E-state index contributed by atoms with van der Waals surface area (Å²) in [6.45, 7) is 8.69. The molecule has 0 fully saturated rings. The van der Waals surface area contributed by atoms with Crippen molar-refractivity contribution in [3.05, 3.63) is 29.3 Å². The smallest absolute Gasteiger partial charge is 0.123 e. The van der Waals surface area contributed by atoms with Gasteiger partial charge in [-0.15, -0.1) is 0 Å². The highest BCUT2D eigenvalue weighted by Gasteiger charge is 2.22. The Morgan fingerprint density at radius 1 is 1.50 bits per heavy atom. The first kappa shape index (κ1) is 13.4. The van der Waals surface area contributed by atoms with Crippen LogP contribution in [0.5, 0.6) is 5.75 Å². The maximum atomic E-state index is 5.91. The molecule has 0 bridgehead atoms. The molecule has 0 saturated heterocycles. The molecule has 1 aromatic rings. The first-order valence-corrected chi connectivity index (χ1v) is 6.76. The molecule has 0 aromatic heterocycles. The van der Waals surface area contributed by atoms with E-state index in [1.165, 1.54) is 11.1 Å². The molecule has 0 amide bonds. The molecule has 0 radical (unpaired) electrons. The Labute approximate surface area is 109 Å². The summed E-state index contributed by atoms with van der Waals surface area (Å²) >= 11 is 0. The molecule has 0 spiro atoms. The first-order chi connectivity index (χ1) is 8.69. The average molecular weight is 249 g/mol. The number of ether oxygens (including phenoxy) is 2. The van der Waals surface area contributed by atoms with Crippen molar-refractivity contribution in [3.8, 4) is 5.75 Å². The van der Waals surface area contributed by atoms with Crippen molar-refractivity contribution in [2.45, 2.75) is 39.3 Å². The lowest BCUT2D eigenvalue weighted by molar-refractivity contribution is 0.122. The van der Waals surface area contributed by atoms with Gasteiger partial charge in [0.05, 0.1) is 6.61 Å². The standard InChI is InChI=1S/C15H23NO2/c1-4-17-10-12(3)16-9-14-8-13-7-11(2)5-6-15(13)18-14/h5-7,12,14,16H,4,8-10H2,1-3H3. The number of hydrogen-bond acceptors (Lipinski definition) is 3. The molecule has 1 N–H and O–H groups in total. The molecular formula is C15H23NO2. The van der Waals surface area contributed by atoms with Crippen LogP contribution < -0.4 is 10.1 Å². The second-order valence-corrected chi connectivity index (χ2v) is 5.02. The van der Waals surface area contributed by atoms with Gasteiger partial charge in [0.2, 0.25) is 0 Å². The van der Waals surface area contributed by atoms with Crippen LogP contribution in [0.25, 0.3) is 0 Å². The van der Waals surface area contributed by atoms with Crippen LogP contribution in [0.2, 0.25) is 0 Å². The van der Waals surface area contributed by atoms with Crippen LogP contribution in [0.1, 0.15) is 25.0 Å². The predicted molar refractivity (Wildman–Crippen MR) is 73.3 cm³/mol. The number of nitrogens with one attached hydrogen (secondary N) is 1. The van der Waals surface area contributed by atoms with Crippen molar-refractivity contribution in [3.63, 3.8) is 0 Å². The summed E-state index contributed by atoms with van der Waals surface area (Å²) in [5.74, 6) is 1.05. The summed E-state index contributed by atoms with van der Waals surface area (Å²) in [6, 6.07) is 6.78. The monoisotopic (exact) mass is 249 g/mol. The number of rotatable bonds is 6. The molecule has 1 aliphatic heterocycles. The van der Waals surface area contributed by atoms with Crippen LogP contribution in [0.15, 0.2) is 18.2 Å². The third-order valence-electron chi connectivity index (χ3n) is 3.22. The Hall–Kier alpha value is -1.06. The Balaban J connectivity index is 1.77. The van der Waals surface area contributed by atoms with Gasteiger partial charge in [0.1, 0.15) is 11.9 Å². The molecule has 2 atom stereocenters. The fraction of sp³-hybridized carbons (Fsp3) is 0.600. The van der Waals surface area contributed by atoms with E-state index in [4.69, 9.17) is 9.47 Å². The molecule has 1 aromatic carbocycles. The summed E-state index contributed by atoms with van der Waals surface area (Å²) in [5, 5.41) is 3.46. The van der Waals surface area contributed by atoms with Gasteiger partial charge in [0.25, 0.3) is 0 Å². The van der Waals surface area contributed by atoms with E-state index in [1.807, 2.05) is 6.92 Å². The maximum absolute atomic E-state index is 5.91. The highest BCUT2D eigenvalue weighted by atomic mass is 16.5. The van der Waals surface area contributed by atoms with Gasteiger partial charge >= 0.3 is 0 Å². The summed E-state index contributed by atoms with van der Waals surface area (Å²) < 4.78 is 11.3. The van der Waals surface area contributed by atoms with Crippen LogP contribution in [-0.2, 0) is 11.2 Å². The fourth-order valence-corrected chi connectivity index (χ4v) is 2.25. The van der Waals surface area contributed by atoms with Gasteiger partial charge in [-0.1, -0.05) is 17.7 Å². The molecule has 18 heavy (non-hydrogen) atoms. The van der Waals surface area contributed by atoms with Crippen molar-refractivity contribution >= 4 is 0 Å². The van der Waals surface area contributed by atoms with E-state index < -0.39 is 0 Å². The zero-order valence-corrected chi connectivity index (χ0v) is 11.5. The van der Waals surface area contributed by atoms with Crippen LogP contribution in [0, 0.1) is 6.92 Å². The topological polar surface area (TPSA) is 30.5 Å². The van der Waals surface area contributed by atoms with Crippen molar-refractivity contribution in [2.24, 2.45) is 0 Å². The van der Waals surface area contributed by atoms with Crippen LogP contribution in [-0.4, -0.2) is 31.9 Å². The van der Waals surface area contributed by atoms with Crippen LogP contribution >= 0.6 is 0 Å². The summed E-state index contributed by atoms with van der Waals surface area (Å²) in [4.78, 5) is 0. The van der Waals surface area contributed by atoms with Crippen molar-refractivity contribution in [1.29, 1.82) is 0 Å². The van der Waals surface area contributed by atoms with Gasteiger partial charge in [0, 0.05) is 25.6 Å². The van der Waals surface area contributed by atoms with Crippen molar-refractivity contribution < 1.29 is 9.47 Å². The Bertz CT molecular complexity index is 392. The van der Waals surface area contributed by atoms with Crippen molar-refractivity contribution in [2.75, 3.05) is 19.8 Å². The van der Waals surface area contributed by atoms with E-state index in [2.05, 4.69) is 37.4 Å². The zero-order valence-electron chi connectivity index (χ0n) is 11.5. The molecule has 2 rings (SSSR count). The van der Waals surface area contributed by atoms with Gasteiger partial charge in [-0.05, 0) is 32.4 Å². The number of fused-ring (bicyclic) bond motifs is 1. The molecular weight excluding hydrogens is 226 g/mol. The summed E-state index contributed by atoms with van der Waals surface area (Å²) in [7, 11) is 0. The zero-order chi connectivity index (χ0) is 13.0. The van der Waals surface area contributed by atoms with E-state index in [0.29, 0.717) is 6.04 Å². The Morgan fingerprint density at radius 2 is 2.33 bits per heavy atom. The van der Waals surface area contributed by atoms with Gasteiger partial charge in [0.15, 0.2) is 0 Å². The molecule has 2 unspecified atom stereocenters. The predicted octanol–water partition coefficient (Wildman–Crippen LogP) is 2.31. The fourth-order valence-electron chi connectivity index (χ4n) is 2.25. The lowest BCUT2D eigenvalue weighted by atomic mass is 10.1. The number of hydrogen-bond donors (Lipinski definition) is 1. The largest absolute Gasteiger partial charge is 0.488 e. The Kier molecular flexibility index (Phi) is 4.61. The average Bonchev–Trinajstić information content (AvgIpc) is 2.75. The number of aryl methyl sites for hydroxylation is 1. The lowest BCUT2D eigenvalue weighted by Gasteiger charge is -2.17. The summed E-state index contributed by atoms with van der Waals surface area (Å²) in [6.07, 6.45) is 1.26. The lowest BCUT2D eigenvalue weighted by Crippen LogP contribution is -2.38. The van der Waals surface area contributed by atoms with Gasteiger partial charge in [-0.25, -0.2) is 0 Å². The van der Waals surface area contributed by atoms with Gasteiger partial charge in [-0.2, -0.15) is 0 Å². The minimum atomic E-state index is 0.255. The normalized spacial score (nSPS) is 19.4. The third-order valence-corrected chi connectivity index (χ3v) is 3.22. The first-order valence-electron chi connectivity index (χ1n) is 6.76. The van der Waals surface area contributed by atoms with E-state index in [9.17, 15) is 0 Å². The van der Waals surface area contributed by atoms with E-state index >= 15 is 0 Å². The van der Waals surface area contributed by atoms with Gasteiger partial charge in [-0.3, -0.25) is 0 Å². The second-order valence-electron chi connectivity index (χ2n) is 5.02.